The highest BCUT2D eigenvalue weighted by Crippen LogP contribution is 2.18. The lowest BCUT2D eigenvalue weighted by Crippen LogP contribution is -2.14. The summed E-state index contributed by atoms with van der Waals surface area (Å²) in [5.74, 6) is 1.11. The Bertz CT molecular complexity index is 421. The van der Waals surface area contributed by atoms with Gasteiger partial charge in [-0.05, 0) is 30.4 Å². The average Bonchev–Trinajstić information content (AvgIpc) is 2.27. The first-order valence-electron chi connectivity index (χ1n) is 6.19. The van der Waals surface area contributed by atoms with Gasteiger partial charge in [0, 0.05) is 0 Å². The normalized spacial score (nSPS) is 13.9. The summed E-state index contributed by atoms with van der Waals surface area (Å²) in [6.45, 7) is 6.35. The van der Waals surface area contributed by atoms with E-state index in [0.29, 0.717) is 10.8 Å². The van der Waals surface area contributed by atoms with Gasteiger partial charge in [-0.25, -0.2) is 8.42 Å². The van der Waals surface area contributed by atoms with Crippen LogP contribution in [-0.4, -0.2) is 14.2 Å². The van der Waals surface area contributed by atoms with Crippen LogP contribution in [0.25, 0.3) is 0 Å². The van der Waals surface area contributed by atoms with Crippen molar-refractivity contribution in [3.05, 3.63) is 30.3 Å². The Morgan fingerprint density at radius 1 is 1.00 bits per heavy atom. The second-order valence-corrected chi connectivity index (χ2v) is 7.21. The van der Waals surface area contributed by atoms with E-state index in [2.05, 4.69) is 13.8 Å². The summed E-state index contributed by atoms with van der Waals surface area (Å²) < 4.78 is 24.2. The minimum atomic E-state index is -3.11. The standard InChI is InChI=1S/C14H22O2S/c1-12(2)9-10-13(3)11-17(15,16)14-7-5-4-6-8-14/h4-8,12-13H,9-11H2,1-3H3. The van der Waals surface area contributed by atoms with Gasteiger partial charge in [0.15, 0.2) is 9.84 Å². The van der Waals surface area contributed by atoms with Gasteiger partial charge in [-0.2, -0.15) is 0 Å². The molecule has 2 nitrogen and oxygen atoms in total. The maximum absolute atomic E-state index is 12.1. The molecule has 1 atom stereocenters. The fourth-order valence-corrected chi connectivity index (χ4v) is 3.48. The summed E-state index contributed by atoms with van der Waals surface area (Å²) >= 11 is 0. The smallest absolute Gasteiger partial charge is 0.178 e. The Hall–Kier alpha value is -0.830. The average molecular weight is 254 g/mol. The maximum Gasteiger partial charge on any atom is 0.178 e. The van der Waals surface area contributed by atoms with Crippen LogP contribution < -0.4 is 0 Å². The minimum Gasteiger partial charge on any atom is -0.224 e. The summed E-state index contributed by atoms with van der Waals surface area (Å²) in [6, 6.07) is 8.72. The SMILES string of the molecule is CC(C)CCC(C)CS(=O)(=O)c1ccccc1. The molecule has 0 saturated carbocycles. The molecule has 0 aliphatic rings. The Balaban J connectivity index is 2.62. The lowest BCUT2D eigenvalue weighted by Gasteiger charge is -2.13. The van der Waals surface area contributed by atoms with Gasteiger partial charge < -0.3 is 0 Å². The van der Waals surface area contributed by atoms with E-state index in [0.717, 1.165) is 12.8 Å². The second-order valence-electron chi connectivity index (χ2n) is 5.17. The zero-order valence-electron chi connectivity index (χ0n) is 10.9. The Labute approximate surface area is 105 Å². The molecule has 0 bridgehead atoms. The van der Waals surface area contributed by atoms with Crippen molar-refractivity contribution < 1.29 is 8.42 Å². The van der Waals surface area contributed by atoms with Gasteiger partial charge in [-0.1, -0.05) is 45.4 Å². The molecule has 1 rings (SSSR count). The fraction of sp³-hybridized carbons (Fsp3) is 0.571. The highest BCUT2D eigenvalue weighted by atomic mass is 32.2. The first-order valence-corrected chi connectivity index (χ1v) is 7.85. The van der Waals surface area contributed by atoms with Crippen LogP contribution in [0.1, 0.15) is 33.6 Å². The number of hydrogen-bond donors (Lipinski definition) is 0. The molecular formula is C14H22O2S. The Morgan fingerprint density at radius 2 is 1.59 bits per heavy atom. The number of sulfone groups is 1. The molecule has 0 aliphatic carbocycles. The minimum absolute atomic E-state index is 0.225. The molecule has 0 amide bonds. The zero-order valence-corrected chi connectivity index (χ0v) is 11.7. The molecule has 3 heteroatoms. The molecule has 0 aliphatic heterocycles. The van der Waals surface area contributed by atoms with E-state index in [-0.39, 0.29) is 11.7 Å². The highest BCUT2D eigenvalue weighted by Gasteiger charge is 2.18. The van der Waals surface area contributed by atoms with Gasteiger partial charge in [0.25, 0.3) is 0 Å². The van der Waals surface area contributed by atoms with Crippen molar-refractivity contribution in [2.45, 2.75) is 38.5 Å². The van der Waals surface area contributed by atoms with Crippen molar-refractivity contribution in [1.82, 2.24) is 0 Å². The van der Waals surface area contributed by atoms with Crippen LogP contribution >= 0.6 is 0 Å². The largest absolute Gasteiger partial charge is 0.224 e. The van der Waals surface area contributed by atoms with E-state index in [1.54, 1.807) is 24.3 Å². The molecule has 1 aromatic carbocycles. The third kappa shape index (κ3) is 4.90. The van der Waals surface area contributed by atoms with E-state index >= 15 is 0 Å². The predicted octanol–water partition coefficient (Wildman–Crippen LogP) is 3.53. The van der Waals surface area contributed by atoms with E-state index in [4.69, 9.17) is 0 Å². The van der Waals surface area contributed by atoms with Crippen molar-refractivity contribution in [2.24, 2.45) is 11.8 Å². The summed E-state index contributed by atoms with van der Waals surface area (Å²) in [5.41, 5.74) is 0. The van der Waals surface area contributed by atoms with E-state index in [9.17, 15) is 8.42 Å². The number of hydrogen-bond acceptors (Lipinski definition) is 2. The van der Waals surface area contributed by atoms with Crippen LogP contribution in [0.5, 0.6) is 0 Å². The second kappa shape index (κ2) is 6.20. The molecular weight excluding hydrogens is 232 g/mol. The van der Waals surface area contributed by atoms with Crippen molar-refractivity contribution in [1.29, 1.82) is 0 Å². The third-order valence-electron chi connectivity index (χ3n) is 2.84. The molecule has 0 saturated heterocycles. The number of rotatable bonds is 6. The predicted molar refractivity (Wildman–Crippen MR) is 71.7 cm³/mol. The highest BCUT2D eigenvalue weighted by molar-refractivity contribution is 7.91. The molecule has 0 spiro atoms. The molecule has 17 heavy (non-hydrogen) atoms. The molecule has 0 aromatic heterocycles. The Morgan fingerprint density at radius 3 is 2.12 bits per heavy atom. The lowest BCUT2D eigenvalue weighted by atomic mass is 10.0. The Kier molecular flexibility index (Phi) is 5.19. The van der Waals surface area contributed by atoms with Gasteiger partial charge in [0.1, 0.15) is 0 Å². The first kappa shape index (κ1) is 14.2. The van der Waals surface area contributed by atoms with Crippen LogP contribution in [0.2, 0.25) is 0 Å². The molecule has 0 fully saturated rings. The zero-order chi connectivity index (χ0) is 12.9. The molecule has 1 aromatic rings. The van der Waals surface area contributed by atoms with Gasteiger partial charge >= 0.3 is 0 Å². The van der Waals surface area contributed by atoms with Crippen molar-refractivity contribution in [2.75, 3.05) is 5.75 Å². The topological polar surface area (TPSA) is 34.1 Å². The van der Waals surface area contributed by atoms with Crippen LogP contribution in [-0.2, 0) is 9.84 Å². The van der Waals surface area contributed by atoms with Crippen molar-refractivity contribution >= 4 is 9.84 Å². The molecule has 0 radical (unpaired) electrons. The molecule has 0 N–H and O–H groups in total. The van der Waals surface area contributed by atoms with Crippen LogP contribution in [0, 0.1) is 11.8 Å². The third-order valence-corrected chi connectivity index (χ3v) is 4.84. The van der Waals surface area contributed by atoms with E-state index in [1.165, 1.54) is 0 Å². The summed E-state index contributed by atoms with van der Waals surface area (Å²) in [4.78, 5) is 0.441. The monoisotopic (exact) mass is 254 g/mol. The molecule has 1 unspecified atom stereocenters. The van der Waals surface area contributed by atoms with Crippen LogP contribution in [0.4, 0.5) is 0 Å². The molecule has 96 valence electrons. The van der Waals surface area contributed by atoms with Gasteiger partial charge in [-0.3, -0.25) is 0 Å². The maximum atomic E-state index is 12.1. The van der Waals surface area contributed by atoms with Gasteiger partial charge in [0.05, 0.1) is 10.6 Å². The summed E-state index contributed by atoms with van der Waals surface area (Å²) in [6.07, 6.45) is 2.06. The van der Waals surface area contributed by atoms with E-state index in [1.807, 2.05) is 13.0 Å². The fourth-order valence-electron chi connectivity index (χ4n) is 1.80. The lowest BCUT2D eigenvalue weighted by molar-refractivity contribution is 0.472. The van der Waals surface area contributed by atoms with Crippen LogP contribution in [0.3, 0.4) is 0 Å². The van der Waals surface area contributed by atoms with Gasteiger partial charge in [-0.15, -0.1) is 0 Å². The van der Waals surface area contributed by atoms with Crippen molar-refractivity contribution in [3.63, 3.8) is 0 Å². The van der Waals surface area contributed by atoms with E-state index < -0.39 is 9.84 Å². The summed E-state index contributed by atoms with van der Waals surface area (Å²) in [5, 5.41) is 0. The quantitative estimate of drug-likeness (QED) is 0.778. The number of benzene rings is 1. The van der Waals surface area contributed by atoms with Crippen LogP contribution in [0.15, 0.2) is 35.2 Å². The van der Waals surface area contributed by atoms with Gasteiger partial charge in [0.2, 0.25) is 0 Å². The first-order chi connectivity index (χ1) is 7.92. The summed E-state index contributed by atoms with van der Waals surface area (Å²) in [7, 11) is -3.11. The molecule has 0 heterocycles. The van der Waals surface area contributed by atoms with Crippen molar-refractivity contribution in [3.8, 4) is 0 Å².